The van der Waals surface area contributed by atoms with Gasteiger partial charge in [-0.25, -0.2) is 0 Å². The van der Waals surface area contributed by atoms with E-state index in [1.165, 1.54) is 0 Å². The van der Waals surface area contributed by atoms with Crippen molar-refractivity contribution < 1.29 is 14.3 Å². The number of aliphatic hydroxyl groups is 1. The molecule has 1 aromatic carbocycles. The summed E-state index contributed by atoms with van der Waals surface area (Å²) in [4.78, 5) is 18.7. The molecule has 2 aromatic heterocycles. The number of piperidine rings is 1. The molecule has 1 fully saturated rings. The number of carbonyl (C=O) groups excluding carboxylic acids is 1. The van der Waals surface area contributed by atoms with Crippen molar-refractivity contribution in [2.75, 3.05) is 13.1 Å². The van der Waals surface area contributed by atoms with Crippen LogP contribution in [0, 0.1) is 6.92 Å². The van der Waals surface area contributed by atoms with Crippen LogP contribution in [0.25, 0.3) is 11.0 Å². The maximum absolute atomic E-state index is 12.8. The Morgan fingerprint density at radius 2 is 2.04 bits per heavy atom. The molecule has 0 radical (unpaired) electrons. The summed E-state index contributed by atoms with van der Waals surface area (Å²) in [6.45, 7) is 2.94. The van der Waals surface area contributed by atoms with Gasteiger partial charge in [0.05, 0.1) is 5.60 Å². The fourth-order valence-electron chi connectivity index (χ4n) is 3.50. The molecule has 1 aliphatic rings. The fraction of sp³-hybridized carbons (Fsp3) is 0.300. The first kappa shape index (κ1) is 15.8. The number of carbonyl (C=O) groups is 1. The van der Waals surface area contributed by atoms with Gasteiger partial charge in [-0.2, -0.15) is 0 Å². The number of benzene rings is 1. The summed E-state index contributed by atoms with van der Waals surface area (Å²) in [5.74, 6) is 0.827. The van der Waals surface area contributed by atoms with E-state index in [9.17, 15) is 9.90 Å². The van der Waals surface area contributed by atoms with Gasteiger partial charge in [0, 0.05) is 42.0 Å². The average Bonchev–Trinajstić information content (AvgIpc) is 3.01. The fourth-order valence-corrected chi connectivity index (χ4v) is 3.50. The zero-order chi connectivity index (χ0) is 17.4. The Morgan fingerprint density at radius 1 is 1.24 bits per heavy atom. The average molecular weight is 336 g/mol. The first-order valence-electron chi connectivity index (χ1n) is 8.47. The lowest BCUT2D eigenvalue weighted by Crippen LogP contribution is -2.45. The van der Waals surface area contributed by atoms with Crippen molar-refractivity contribution in [1.82, 2.24) is 9.88 Å². The van der Waals surface area contributed by atoms with E-state index in [0.29, 0.717) is 31.5 Å². The molecule has 3 aromatic rings. The highest BCUT2D eigenvalue weighted by atomic mass is 16.3. The summed E-state index contributed by atoms with van der Waals surface area (Å²) >= 11 is 0. The van der Waals surface area contributed by atoms with Gasteiger partial charge in [0.15, 0.2) is 0 Å². The van der Waals surface area contributed by atoms with Gasteiger partial charge in [0.1, 0.15) is 11.3 Å². The van der Waals surface area contributed by atoms with E-state index in [1.807, 2.05) is 37.3 Å². The first-order chi connectivity index (χ1) is 12.0. The minimum atomic E-state index is -0.906. The van der Waals surface area contributed by atoms with E-state index in [-0.39, 0.29) is 5.91 Å². The van der Waals surface area contributed by atoms with Gasteiger partial charge in [-0.3, -0.25) is 9.78 Å². The van der Waals surface area contributed by atoms with Gasteiger partial charge >= 0.3 is 0 Å². The number of aromatic nitrogens is 1. The van der Waals surface area contributed by atoms with Crippen LogP contribution in [-0.2, 0) is 5.60 Å². The molecule has 5 nitrogen and oxygen atoms in total. The Labute approximate surface area is 145 Å². The lowest BCUT2D eigenvalue weighted by Gasteiger charge is -2.38. The number of pyridine rings is 1. The van der Waals surface area contributed by atoms with Crippen molar-refractivity contribution in [3.8, 4) is 0 Å². The van der Waals surface area contributed by atoms with Crippen LogP contribution in [-0.4, -0.2) is 34.0 Å². The van der Waals surface area contributed by atoms with Gasteiger partial charge in [0.25, 0.3) is 5.91 Å². The van der Waals surface area contributed by atoms with Gasteiger partial charge in [-0.15, -0.1) is 0 Å². The molecule has 3 heterocycles. The second kappa shape index (κ2) is 6.01. The Hall–Kier alpha value is -2.66. The molecule has 1 N–H and O–H groups in total. The molecule has 0 unspecified atom stereocenters. The Kier molecular flexibility index (Phi) is 3.81. The second-order valence-electron chi connectivity index (χ2n) is 6.68. The summed E-state index contributed by atoms with van der Waals surface area (Å²) in [5, 5.41) is 11.8. The number of furan rings is 1. The summed E-state index contributed by atoms with van der Waals surface area (Å²) in [6.07, 6.45) is 4.42. The zero-order valence-electron chi connectivity index (χ0n) is 14.1. The normalized spacial score (nSPS) is 17.0. The Morgan fingerprint density at radius 3 is 2.76 bits per heavy atom. The van der Waals surface area contributed by atoms with Crippen LogP contribution in [0.2, 0.25) is 0 Å². The molecular weight excluding hydrogens is 316 g/mol. The number of hydrogen-bond donors (Lipinski definition) is 1. The molecule has 1 amide bonds. The molecule has 25 heavy (non-hydrogen) atoms. The highest BCUT2D eigenvalue weighted by Gasteiger charge is 2.35. The van der Waals surface area contributed by atoms with Crippen LogP contribution in [0.5, 0.6) is 0 Å². The maximum Gasteiger partial charge on any atom is 0.253 e. The van der Waals surface area contributed by atoms with Gasteiger partial charge in [-0.05, 0) is 50.1 Å². The van der Waals surface area contributed by atoms with Crippen molar-refractivity contribution >= 4 is 16.9 Å². The summed E-state index contributed by atoms with van der Waals surface area (Å²) in [6, 6.07) is 11.2. The second-order valence-corrected chi connectivity index (χ2v) is 6.68. The minimum absolute atomic E-state index is 0.00557. The summed E-state index contributed by atoms with van der Waals surface area (Å²) < 4.78 is 5.56. The number of amides is 1. The molecule has 4 rings (SSSR count). The third-order valence-corrected chi connectivity index (χ3v) is 4.96. The molecule has 0 spiro atoms. The highest BCUT2D eigenvalue weighted by molar-refractivity contribution is 5.97. The summed E-state index contributed by atoms with van der Waals surface area (Å²) in [5.41, 5.74) is 1.35. The SMILES string of the molecule is Cc1cc2cc(C(=O)N3CCC(O)(c4cccnc4)CC3)ccc2o1. The van der Waals surface area contributed by atoms with Crippen LogP contribution in [0.15, 0.2) is 53.2 Å². The van der Waals surface area contributed by atoms with E-state index < -0.39 is 5.60 Å². The highest BCUT2D eigenvalue weighted by Crippen LogP contribution is 2.33. The largest absolute Gasteiger partial charge is 0.461 e. The van der Waals surface area contributed by atoms with Crippen LogP contribution in [0.3, 0.4) is 0 Å². The molecule has 0 atom stereocenters. The van der Waals surface area contributed by atoms with Crippen LogP contribution in [0.4, 0.5) is 0 Å². The van der Waals surface area contributed by atoms with E-state index in [0.717, 1.165) is 22.3 Å². The molecule has 0 saturated carbocycles. The van der Waals surface area contributed by atoms with Gasteiger partial charge in [0.2, 0.25) is 0 Å². The minimum Gasteiger partial charge on any atom is -0.461 e. The molecule has 5 heteroatoms. The Bertz CT molecular complexity index is 909. The lowest BCUT2D eigenvalue weighted by atomic mass is 9.85. The number of rotatable bonds is 2. The molecule has 0 aliphatic carbocycles. The van der Waals surface area contributed by atoms with Crippen molar-refractivity contribution in [3.63, 3.8) is 0 Å². The number of likely N-dealkylation sites (tertiary alicyclic amines) is 1. The lowest BCUT2D eigenvalue weighted by molar-refractivity contribution is -0.0213. The van der Waals surface area contributed by atoms with Crippen molar-refractivity contribution in [2.24, 2.45) is 0 Å². The molecule has 1 saturated heterocycles. The number of hydrogen-bond acceptors (Lipinski definition) is 4. The molecule has 128 valence electrons. The quantitative estimate of drug-likeness (QED) is 0.780. The molecule has 1 aliphatic heterocycles. The van der Waals surface area contributed by atoms with E-state index >= 15 is 0 Å². The van der Waals surface area contributed by atoms with E-state index in [4.69, 9.17) is 4.42 Å². The van der Waals surface area contributed by atoms with Gasteiger partial charge < -0.3 is 14.4 Å². The van der Waals surface area contributed by atoms with Gasteiger partial charge in [-0.1, -0.05) is 6.07 Å². The predicted octanol–water partition coefficient (Wildman–Crippen LogP) is 3.26. The number of nitrogens with zero attached hydrogens (tertiary/aromatic N) is 2. The third-order valence-electron chi connectivity index (χ3n) is 4.96. The predicted molar refractivity (Wildman–Crippen MR) is 94.2 cm³/mol. The Balaban J connectivity index is 1.50. The van der Waals surface area contributed by atoms with E-state index in [1.54, 1.807) is 23.4 Å². The first-order valence-corrected chi connectivity index (χ1v) is 8.47. The maximum atomic E-state index is 12.8. The van der Waals surface area contributed by atoms with Crippen LogP contribution in [0.1, 0.15) is 34.5 Å². The smallest absolute Gasteiger partial charge is 0.253 e. The van der Waals surface area contributed by atoms with Crippen molar-refractivity contribution in [2.45, 2.75) is 25.4 Å². The number of aryl methyl sites for hydroxylation is 1. The molecular formula is C20H20N2O3. The third kappa shape index (κ3) is 2.91. The summed E-state index contributed by atoms with van der Waals surface area (Å²) in [7, 11) is 0. The zero-order valence-corrected chi connectivity index (χ0v) is 14.1. The van der Waals surface area contributed by atoms with E-state index in [2.05, 4.69) is 4.98 Å². The van der Waals surface area contributed by atoms with Crippen molar-refractivity contribution in [1.29, 1.82) is 0 Å². The van der Waals surface area contributed by atoms with Crippen LogP contribution >= 0.6 is 0 Å². The van der Waals surface area contributed by atoms with Crippen molar-refractivity contribution in [3.05, 3.63) is 65.7 Å². The monoisotopic (exact) mass is 336 g/mol. The van der Waals surface area contributed by atoms with Crippen LogP contribution < -0.4 is 0 Å². The number of fused-ring (bicyclic) bond motifs is 1. The molecule has 0 bridgehead atoms. The topological polar surface area (TPSA) is 66.6 Å². The standard InChI is InChI=1S/C20H20N2O3/c1-14-11-16-12-15(4-5-18(16)25-14)19(23)22-9-6-20(24,7-10-22)17-3-2-8-21-13-17/h2-5,8,11-13,24H,6-7,9-10H2,1H3.